The largest absolute Gasteiger partial charge is 0.314 e. The van der Waals surface area contributed by atoms with Crippen molar-refractivity contribution in [2.24, 2.45) is 0 Å². The van der Waals surface area contributed by atoms with E-state index in [1.807, 2.05) is 19.1 Å². The van der Waals surface area contributed by atoms with Gasteiger partial charge in [-0.25, -0.2) is 4.39 Å². The molecule has 0 radical (unpaired) electrons. The Kier molecular flexibility index (Phi) is 8.59. The van der Waals surface area contributed by atoms with Crippen LogP contribution in [0.25, 0.3) is 0 Å². The molecule has 0 aliphatic carbocycles. The van der Waals surface area contributed by atoms with Crippen LogP contribution in [0, 0.1) is 12.7 Å². The summed E-state index contributed by atoms with van der Waals surface area (Å²) in [6.07, 6.45) is 0.959. The SMILES string of the molecule is CC[C@@H](c1cc(C)ccc1F)N1CCNCC1.Cl.Cl. The summed E-state index contributed by atoms with van der Waals surface area (Å²) in [5.41, 5.74) is 1.99. The predicted molar refractivity (Wildman–Crippen MR) is 83.1 cm³/mol. The summed E-state index contributed by atoms with van der Waals surface area (Å²) < 4.78 is 13.9. The van der Waals surface area contributed by atoms with Crippen LogP contribution in [-0.4, -0.2) is 31.1 Å². The molecule has 1 aromatic carbocycles. The fourth-order valence-electron chi connectivity index (χ4n) is 2.59. The van der Waals surface area contributed by atoms with Crippen molar-refractivity contribution in [1.82, 2.24) is 10.2 Å². The first-order chi connectivity index (χ1) is 8.22. The molecule has 19 heavy (non-hydrogen) atoms. The number of halogens is 3. The number of aryl methyl sites for hydroxylation is 1. The number of piperazine rings is 1. The van der Waals surface area contributed by atoms with E-state index >= 15 is 0 Å². The highest BCUT2D eigenvalue weighted by molar-refractivity contribution is 5.85. The van der Waals surface area contributed by atoms with E-state index in [1.54, 1.807) is 6.07 Å². The summed E-state index contributed by atoms with van der Waals surface area (Å²) in [6, 6.07) is 5.64. The molecule has 1 saturated heterocycles. The highest BCUT2D eigenvalue weighted by Gasteiger charge is 2.22. The second-order valence-corrected chi connectivity index (χ2v) is 4.73. The lowest BCUT2D eigenvalue weighted by Gasteiger charge is -2.35. The summed E-state index contributed by atoms with van der Waals surface area (Å²) in [7, 11) is 0. The number of nitrogens with zero attached hydrogens (tertiary/aromatic N) is 1. The molecule has 1 atom stereocenters. The van der Waals surface area contributed by atoms with E-state index in [9.17, 15) is 4.39 Å². The second kappa shape index (κ2) is 8.75. The van der Waals surface area contributed by atoms with E-state index in [4.69, 9.17) is 0 Å². The molecule has 0 spiro atoms. The number of nitrogens with one attached hydrogen (secondary N) is 1. The van der Waals surface area contributed by atoms with Crippen LogP contribution in [0.1, 0.15) is 30.5 Å². The van der Waals surface area contributed by atoms with Gasteiger partial charge in [0, 0.05) is 37.8 Å². The van der Waals surface area contributed by atoms with Gasteiger partial charge in [-0.15, -0.1) is 24.8 Å². The summed E-state index contributed by atoms with van der Waals surface area (Å²) in [5, 5.41) is 3.34. The van der Waals surface area contributed by atoms with Crippen LogP contribution in [0.3, 0.4) is 0 Å². The number of hydrogen-bond donors (Lipinski definition) is 1. The zero-order chi connectivity index (χ0) is 12.3. The van der Waals surface area contributed by atoms with Gasteiger partial charge in [0.05, 0.1) is 0 Å². The third-order valence-electron chi connectivity index (χ3n) is 3.49. The standard InChI is InChI=1S/C14H21FN2.2ClH/c1-3-14(17-8-6-16-7-9-17)12-10-11(2)4-5-13(12)15;;/h4-5,10,14,16H,3,6-9H2,1-2H3;2*1H/t14-;;/m0../s1. The lowest BCUT2D eigenvalue weighted by molar-refractivity contribution is 0.166. The fraction of sp³-hybridized carbons (Fsp3) is 0.571. The number of benzene rings is 1. The molecule has 1 heterocycles. The summed E-state index contributed by atoms with van der Waals surface area (Å²) >= 11 is 0. The minimum absolute atomic E-state index is 0. The second-order valence-electron chi connectivity index (χ2n) is 4.73. The predicted octanol–water partition coefficient (Wildman–Crippen LogP) is 3.33. The van der Waals surface area contributed by atoms with Gasteiger partial charge in [-0.3, -0.25) is 4.90 Å². The van der Waals surface area contributed by atoms with Crippen molar-refractivity contribution in [2.45, 2.75) is 26.3 Å². The maximum absolute atomic E-state index is 13.9. The van der Waals surface area contributed by atoms with E-state index < -0.39 is 0 Å². The van der Waals surface area contributed by atoms with Crippen molar-refractivity contribution < 1.29 is 4.39 Å². The summed E-state index contributed by atoms with van der Waals surface area (Å²) in [4.78, 5) is 2.38. The van der Waals surface area contributed by atoms with Crippen molar-refractivity contribution in [3.05, 3.63) is 35.1 Å². The van der Waals surface area contributed by atoms with Crippen LogP contribution in [-0.2, 0) is 0 Å². The molecule has 2 rings (SSSR count). The Morgan fingerprint density at radius 1 is 1.26 bits per heavy atom. The smallest absolute Gasteiger partial charge is 0.128 e. The molecule has 0 amide bonds. The lowest BCUT2D eigenvalue weighted by atomic mass is 9.99. The van der Waals surface area contributed by atoms with E-state index in [0.29, 0.717) is 0 Å². The lowest BCUT2D eigenvalue weighted by Crippen LogP contribution is -2.45. The molecule has 110 valence electrons. The van der Waals surface area contributed by atoms with Gasteiger partial charge >= 0.3 is 0 Å². The topological polar surface area (TPSA) is 15.3 Å². The van der Waals surface area contributed by atoms with E-state index in [1.165, 1.54) is 0 Å². The molecular weight excluding hydrogens is 286 g/mol. The van der Waals surface area contributed by atoms with Gasteiger partial charge in [-0.2, -0.15) is 0 Å². The molecule has 5 heteroatoms. The highest BCUT2D eigenvalue weighted by atomic mass is 35.5. The Morgan fingerprint density at radius 3 is 2.47 bits per heavy atom. The molecule has 1 aliphatic rings. The maximum atomic E-state index is 13.9. The van der Waals surface area contributed by atoms with Gasteiger partial charge in [0.2, 0.25) is 0 Å². The Bertz CT molecular complexity index is 382. The minimum Gasteiger partial charge on any atom is -0.314 e. The summed E-state index contributed by atoms with van der Waals surface area (Å²) in [5.74, 6) is -0.0685. The summed E-state index contributed by atoms with van der Waals surface area (Å²) in [6.45, 7) is 8.17. The van der Waals surface area contributed by atoms with E-state index in [0.717, 1.165) is 43.7 Å². The quantitative estimate of drug-likeness (QED) is 0.921. The van der Waals surface area contributed by atoms with Crippen molar-refractivity contribution in [3.8, 4) is 0 Å². The van der Waals surface area contributed by atoms with Crippen LogP contribution in [0.2, 0.25) is 0 Å². The monoisotopic (exact) mass is 308 g/mol. The van der Waals surface area contributed by atoms with Crippen LogP contribution in [0.4, 0.5) is 4.39 Å². The van der Waals surface area contributed by atoms with E-state index in [-0.39, 0.29) is 36.7 Å². The third-order valence-corrected chi connectivity index (χ3v) is 3.49. The van der Waals surface area contributed by atoms with Gasteiger partial charge in [-0.05, 0) is 19.4 Å². The van der Waals surface area contributed by atoms with Crippen molar-refractivity contribution >= 4 is 24.8 Å². The molecule has 1 N–H and O–H groups in total. The third kappa shape index (κ3) is 4.60. The molecule has 1 fully saturated rings. The first kappa shape index (κ1) is 18.7. The zero-order valence-corrected chi connectivity index (χ0v) is 13.1. The van der Waals surface area contributed by atoms with Gasteiger partial charge in [0.25, 0.3) is 0 Å². The average molecular weight is 309 g/mol. The molecule has 1 aromatic rings. The zero-order valence-electron chi connectivity index (χ0n) is 11.5. The van der Waals surface area contributed by atoms with Crippen LogP contribution in [0.5, 0.6) is 0 Å². The first-order valence-corrected chi connectivity index (χ1v) is 6.43. The van der Waals surface area contributed by atoms with Crippen LogP contribution in [0.15, 0.2) is 18.2 Å². The molecule has 1 aliphatic heterocycles. The molecular formula is C14H23Cl2FN2. The van der Waals surface area contributed by atoms with Gasteiger partial charge in [0.1, 0.15) is 5.82 Å². The van der Waals surface area contributed by atoms with Gasteiger partial charge < -0.3 is 5.32 Å². The maximum Gasteiger partial charge on any atom is 0.128 e. The molecule has 0 saturated carbocycles. The molecule has 0 aromatic heterocycles. The first-order valence-electron chi connectivity index (χ1n) is 6.43. The van der Waals surface area contributed by atoms with Crippen LogP contribution < -0.4 is 5.32 Å². The fourth-order valence-corrected chi connectivity index (χ4v) is 2.59. The van der Waals surface area contributed by atoms with Crippen molar-refractivity contribution in [1.29, 1.82) is 0 Å². The number of hydrogen-bond acceptors (Lipinski definition) is 2. The van der Waals surface area contributed by atoms with E-state index in [2.05, 4.69) is 17.1 Å². The number of rotatable bonds is 3. The molecule has 2 nitrogen and oxygen atoms in total. The molecule has 0 unspecified atom stereocenters. The van der Waals surface area contributed by atoms with Gasteiger partial charge in [-0.1, -0.05) is 24.6 Å². The van der Waals surface area contributed by atoms with Crippen molar-refractivity contribution in [2.75, 3.05) is 26.2 Å². The normalized spacial score (nSPS) is 17.2. The van der Waals surface area contributed by atoms with Crippen LogP contribution >= 0.6 is 24.8 Å². The minimum atomic E-state index is -0.0685. The average Bonchev–Trinajstić information content (AvgIpc) is 2.36. The Morgan fingerprint density at radius 2 is 1.89 bits per heavy atom. The molecule has 0 bridgehead atoms. The Labute approximate surface area is 127 Å². The highest BCUT2D eigenvalue weighted by Crippen LogP contribution is 2.27. The van der Waals surface area contributed by atoms with Crippen molar-refractivity contribution in [3.63, 3.8) is 0 Å². The Hall–Kier alpha value is -0.350. The Balaban J connectivity index is 0.00000162. The van der Waals surface area contributed by atoms with Gasteiger partial charge in [0.15, 0.2) is 0 Å².